The molecule has 1 heterocycles. The van der Waals surface area contributed by atoms with Crippen molar-refractivity contribution in [3.05, 3.63) is 81.8 Å². The first-order chi connectivity index (χ1) is 13.0. The highest BCUT2D eigenvalue weighted by Gasteiger charge is 2.13. The van der Waals surface area contributed by atoms with E-state index in [2.05, 4.69) is 5.32 Å². The average Bonchev–Trinajstić information content (AvgIpc) is 3.09. The van der Waals surface area contributed by atoms with Crippen LogP contribution < -0.4 is 5.32 Å². The Morgan fingerprint density at radius 3 is 2.52 bits per heavy atom. The van der Waals surface area contributed by atoms with Crippen molar-refractivity contribution in [3.8, 4) is 17.4 Å². The van der Waals surface area contributed by atoms with Gasteiger partial charge in [0.05, 0.1) is 5.02 Å². The average molecular weight is 401 g/mol. The van der Waals surface area contributed by atoms with E-state index in [1.165, 1.54) is 30.3 Å². The normalized spacial score (nSPS) is 11.1. The largest absolute Gasteiger partial charge is 0.457 e. The summed E-state index contributed by atoms with van der Waals surface area (Å²) in [5, 5.41) is 12.7. The summed E-state index contributed by atoms with van der Waals surface area (Å²) in [7, 11) is 0. The molecule has 1 N–H and O–H groups in total. The molecule has 2 aromatic carbocycles. The zero-order valence-corrected chi connectivity index (χ0v) is 15.2. The van der Waals surface area contributed by atoms with Gasteiger partial charge in [0.25, 0.3) is 5.91 Å². The Bertz CT molecular complexity index is 1070. The highest BCUT2D eigenvalue weighted by Crippen LogP contribution is 2.32. The van der Waals surface area contributed by atoms with Gasteiger partial charge in [0.1, 0.15) is 29.0 Å². The molecular weight excluding hydrogens is 390 g/mol. The Morgan fingerprint density at radius 2 is 1.85 bits per heavy atom. The summed E-state index contributed by atoms with van der Waals surface area (Å²) in [5.74, 6) is -0.277. The van der Waals surface area contributed by atoms with Crippen molar-refractivity contribution < 1.29 is 13.6 Å². The molecule has 0 aliphatic heterocycles. The molecule has 3 aromatic rings. The predicted octanol–water partition coefficient (Wildman–Crippen LogP) is 5.94. The van der Waals surface area contributed by atoms with Crippen LogP contribution in [-0.2, 0) is 4.79 Å². The van der Waals surface area contributed by atoms with E-state index in [4.69, 9.17) is 27.6 Å². The van der Waals surface area contributed by atoms with E-state index in [0.29, 0.717) is 32.8 Å². The molecule has 134 valence electrons. The number of carbonyl (C=O) groups is 1. The SMILES string of the molecule is N#CC(=Cc1ccc(-c2ccc(Cl)cc2Cl)o1)C(=O)Nc1ccc(F)cc1. The molecule has 4 nitrogen and oxygen atoms in total. The van der Waals surface area contributed by atoms with E-state index in [-0.39, 0.29) is 5.57 Å². The van der Waals surface area contributed by atoms with Gasteiger partial charge in [-0.25, -0.2) is 4.39 Å². The number of hydrogen-bond acceptors (Lipinski definition) is 3. The Kier molecular flexibility index (Phi) is 5.60. The summed E-state index contributed by atoms with van der Waals surface area (Å²) >= 11 is 12.0. The van der Waals surface area contributed by atoms with Crippen molar-refractivity contribution >= 4 is 40.9 Å². The quantitative estimate of drug-likeness (QED) is 0.435. The molecule has 0 radical (unpaired) electrons. The van der Waals surface area contributed by atoms with Gasteiger partial charge in [0.2, 0.25) is 0 Å². The van der Waals surface area contributed by atoms with Crippen LogP contribution in [0.25, 0.3) is 17.4 Å². The lowest BCUT2D eigenvalue weighted by Crippen LogP contribution is -2.13. The second-order valence-electron chi connectivity index (χ2n) is 5.46. The van der Waals surface area contributed by atoms with E-state index in [9.17, 15) is 14.4 Å². The van der Waals surface area contributed by atoms with Crippen LogP contribution in [0.1, 0.15) is 5.76 Å². The van der Waals surface area contributed by atoms with E-state index < -0.39 is 11.7 Å². The van der Waals surface area contributed by atoms with Crippen molar-refractivity contribution in [2.75, 3.05) is 5.32 Å². The Balaban J connectivity index is 1.82. The number of nitriles is 1. The first-order valence-electron chi connectivity index (χ1n) is 7.70. The van der Waals surface area contributed by atoms with Crippen molar-refractivity contribution in [2.24, 2.45) is 0 Å². The first kappa shape index (κ1) is 18.7. The molecule has 27 heavy (non-hydrogen) atoms. The Morgan fingerprint density at radius 1 is 1.11 bits per heavy atom. The minimum absolute atomic E-state index is 0.164. The van der Waals surface area contributed by atoms with Crippen molar-refractivity contribution in [1.29, 1.82) is 5.26 Å². The second kappa shape index (κ2) is 8.09. The zero-order chi connectivity index (χ0) is 19.4. The number of halogens is 3. The third-order valence-electron chi connectivity index (χ3n) is 3.58. The molecule has 0 aliphatic rings. The summed E-state index contributed by atoms with van der Waals surface area (Å²) in [5.41, 5.74) is 0.841. The number of amides is 1. The number of carbonyl (C=O) groups excluding carboxylic acids is 1. The van der Waals surface area contributed by atoms with Gasteiger partial charge >= 0.3 is 0 Å². The molecule has 0 fully saturated rings. The summed E-state index contributed by atoms with van der Waals surface area (Å²) in [6, 6.07) is 15.3. The molecule has 1 aromatic heterocycles. The molecule has 1 amide bonds. The lowest BCUT2D eigenvalue weighted by molar-refractivity contribution is -0.112. The van der Waals surface area contributed by atoms with Crippen LogP contribution in [0.2, 0.25) is 10.0 Å². The smallest absolute Gasteiger partial charge is 0.266 e. The lowest BCUT2D eigenvalue weighted by atomic mass is 10.2. The Labute approximate surface area is 164 Å². The molecule has 0 saturated carbocycles. The number of nitrogens with one attached hydrogen (secondary N) is 1. The minimum Gasteiger partial charge on any atom is -0.457 e. The van der Waals surface area contributed by atoms with Gasteiger partial charge in [0.15, 0.2) is 0 Å². The van der Waals surface area contributed by atoms with E-state index >= 15 is 0 Å². The lowest BCUT2D eigenvalue weighted by Gasteiger charge is -2.03. The first-order valence-corrected chi connectivity index (χ1v) is 8.46. The van der Waals surface area contributed by atoms with Gasteiger partial charge in [-0.2, -0.15) is 5.26 Å². The third-order valence-corrected chi connectivity index (χ3v) is 4.12. The fourth-order valence-corrected chi connectivity index (χ4v) is 2.79. The van der Waals surface area contributed by atoms with Gasteiger partial charge in [-0.3, -0.25) is 4.79 Å². The maximum atomic E-state index is 12.9. The fraction of sp³-hybridized carbons (Fsp3) is 0. The summed E-state index contributed by atoms with van der Waals surface area (Å²) in [6.07, 6.45) is 1.31. The van der Waals surface area contributed by atoms with Gasteiger partial charge in [-0.1, -0.05) is 23.2 Å². The predicted molar refractivity (Wildman–Crippen MR) is 103 cm³/mol. The van der Waals surface area contributed by atoms with E-state index in [1.54, 1.807) is 30.3 Å². The minimum atomic E-state index is -0.633. The number of nitrogens with zero attached hydrogens (tertiary/aromatic N) is 1. The second-order valence-corrected chi connectivity index (χ2v) is 6.30. The molecule has 3 rings (SSSR count). The van der Waals surface area contributed by atoms with E-state index in [1.807, 2.05) is 6.07 Å². The standard InChI is InChI=1S/C20H11Cl2FN2O2/c21-13-1-7-17(18(22)10-13)19-8-6-16(27-19)9-12(11-24)20(26)25-15-4-2-14(23)3-5-15/h1-10H,(H,25,26). The van der Waals surface area contributed by atoms with Gasteiger partial charge in [-0.05, 0) is 54.6 Å². The van der Waals surface area contributed by atoms with Crippen molar-refractivity contribution in [2.45, 2.75) is 0 Å². The maximum Gasteiger partial charge on any atom is 0.266 e. The molecule has 0 bridgehead atoms. The monoisotopic (exact) mass is 400 g/mol. The number of benzene rings is 2. The van der Waals surface area contributed by atoms with Crippen LogP contribution in [0.15, 0.2) is 64.6 Å². The number of anilines is 1. The summed E-state index contributed by atoms with van der Waals surface area (Å²) < 4.78 is 18.6. The van der Waals surface area contributed by atoms with Crippen molar-refractivity contribution in [1.82, 2.24) is 0 Å². The van der Waals surface area contributed by atoms with Crippen LogP contribution >= 0.6 is 23.2 Å². The van der Waals surface area contributed by atoms with Crippen LogP contribution in [0, 0.1) is 17.1 Å². The summed E-state index contributed by atoms with van der Waals surface area (Å²) in [6.45, 7) is 0. The molecule has 7 heteroatoms. The molecule has 0 saturated heterocycles. The molecular formula is C20H11Cl2FN2O2. The van der Waals surface area contributed by atoms with E-state index in [0.717, 1.165) is 0 Å². The van der Waals surface area contributed by atoms with Crippen molar-refractivity contribution in [3.63, 3.8) is 0 Å². The number of furan rings is 1. The molecule has 0 atom stereocenters. The van der Waals surface area contributed by atoms with Gasteiger partial charge in [-0.15, -0.1) is 0 Å². The fourth-order valence-electron chi connectivity index (χ4n) is 2.29. The van der Waals surface area contributed by atoms with Crippen LogP contribution in [0.4, 0.5) is 10.1 Å². The number of rotatable bonds is 4. The van der Waals surface area contributed by atoms with Gasteiger partial charge in [0, 0.05) is 22.3 Å². The highest BCUT2D eigenvalue weighted by atomic mass is 35.5. The maximum absolute atomic E-state index is 12.9. The summed E-state index contributed by atoms with van der Waals surface area (Å²) in [4.78, 5) is 12.2. The number of hydrogen-bond donors (Lipinski definition) is 1. The highest BCUT2D eigenvalue weighted by molar-refractivity contribution is 6.36. The topological polar surface area (TPSA) is 66.0 Å². The van der Waals surface area contributed by atoms with Crippen LogP contribution in [-0.4, -0.2) is 5.91 Å². The Hall–Kier alpha value is -3.07. The molecule has 0 unspecified atom stereocenters. The zero-order valence-electron chi connectivity index (χ0n) is 13.7. The van der Waals surface area contributed by atoms with Crippen LogP contribution in [0.5, 0.6) is 0 Å². The van der Waals surface area contributed by atoms with Gasteiger partial charge < -0.3 is 9.73 Å². The third kappa shape index (κ3) is 4.56. The van der Waals surface area contributed by atoms with Crippen LogP contribution in [0.3, 0.4) is 0 Å². The molecule has 0 aliphatic carbocycles. The molecule has 0 spiro atoms.